The minimum Gasteiger partial charge on any atom is -0.290 e. The summed E-state index contributed by atoms with van der Waals surface area (Å²) >= 11 is 7.53. The molecule has 3 rings (SSSR count). The molecular weight excluding hydrogens is 256 g/mol. The Bertz CT molecular complexity index is 667. The highest BCUT2D eigenvalue weighted by molar-refractivity contribution is 7.99. The minimum absolute atomic E-state index is 0.492. The number of hydrogen-bond donors (Lipinski definition) is 0. The molecule has 0 spiro atoms. The summed E-state index contributed by atoms with van der Waals surface area (Å²) in [6.45, 7) is 0. The van der Waals surface area contributed by atoms with E-state index < -0.39 is 0 Å². The molecule has 4 nitrogen and oxygen atoms in total. The normalized spacial score (nSPS) is 10.9. The van der Waals surface area contributed by atoms with Crippen LogP contribution in [-0.4, -0.2) is 19.4 Å². The molecule has 6 heteroatoms. The van der Waals surface area contributed by atoms with E-state index in [1.165, 1.54) is 11.8 Å². The number of pyridine rings is 1. The highest BCUT2D eigenvalue weighted by Crippen LogP contribution is 2.33. The third-order valence-electron chi connectivity index (χ3n) is 2.22. The number of nitrogens with zero attached hydrogens (tertiary/aromatic N) is 4. The summed E-state index contributed by atoms with van der Waals surface area (Å²) < 4.78 is 1.87. The zero-order valence-electron chi connectivity index (χ0n) is 8.62. The van der Waals surface area contributed by atoms with Crippen LogP contribution in [0.2, 0.25) is 5.15 Å². The largest absolute Gasteiger partial charge is 0.290 e. The minimum atomic E-state index is 0.492. The molecule has 0 aromatic carbocycles. The highest BCUT2D eigenvalue weighted by atomic mass is 35.5. The van der Waals surface area contributed by atoms with E-state index in [0.29, 0.717) is 5.15 Å². The molecule has 0 saturated carbocycles. The van der Waals surface area contributed by atoms with Crippen LogP contribution >= 0.6 is 23.4 Å². The topological polar surface area (TPSA) is 43.1 Å². The molecule has 0 fully saturated rings. The van der Waals surface area contributed by atoms with Crippen LogP contribution in [0.25, 0.3) is 5.65 Å². The summed E-state index contributed by atoms with van der Waals surface area (Å²) in [6.07, 6.45) is 8.76. The standard InChI is InChI=1S/C11H7ClN4S/c12-10-8(2-1-3-14-10)17-9-6-13-7-16-5-4-15-11(9)16/h1-7H. The lowest BCUT2D eigenvalue weighted by atomic mass is 10.5. The van der Waals surface area contributed by atoms with Gasteiger partial charge in [-0.3, -0.25) is 4.40 Å². The zero-order chi connectivity index (χ0) is 11.7. The van der Waals surface area contributed by atoms with Gasteiger partial charge in [0.1, 0.15) is 11.5 Å². The molecule has 3 aromatic rings. The molecule has 84 valence electrons. The first-order chi connectivity index (χ1) is 8.34. The smallest absolute Gasteiger partial charge is 0.153 e. The van der Waals surface area contributed by atoms with E-state index in [0.717, 1.165) is 15.4 Å². The average molecular weight is 263 g/mol. The van der Waals surface area contributed by atoms with E-state index in [9.17, 15) is 0 Å². The fraction of sp³-hybridized carbons (Fsp3) is 0. The Morgan fingerprint density at radius 3 is 3.00 bits per heavy atom. The number of hydrogen-bond acceptors (Lipinski definition) is 4. The maximum Gasteiger partial charge on any atom is 0.153 e. The quantitative estimate of drug-likeness (QED) is 0.666. The van der Waals surface area contributed by atoms with Gasteiger partial charge in [-0.15, -0.1) is 0 Å². The summed E-state index contributed by atoms with van der Waals surface area (Å²) in [5.41, 5.74) is 0.866. The van der Waals surface area contributed by atoms with E-state index in [4.69, 9.17) is 11.6 Å². The summed E-state index contributed by atoms with van der Waals surface area (Å²) in [7, 11) is 0. The Hall–Kier alpha value is -1.59. The van der Waals surface area contributed by atoms with Gasteiger partial charge in [0, 0.05) is 29.7 Å². The van der Waals surface area contributed by atoms with Gasteiger partial charge in [0.05, 0.1) is 4.90 Å². The van der Waals surface area contributed by atoms with E-state index in [1.807, 2.05) is 22.7 Å². The van der Waals surface area contributed by atoms with Gasteiger partial charge in [-0.2, -0.15) is 0 Å². The Labute approximate surface area is 107 Å². The van der Waals surface area contributed by atoms with Gasteiger partial charge in [0.2, 0.25) is 0 Å². The van der Waals surface area contributed by atoms with Crippen molar-refractivity contribution in [1.29, 1.82) is 0 Å². The Balaban J connectivity index is 2.06. The van der Waals surface area contributed by atoms with Crippen molar-refractivity contribution in [1.82, 2.24) is 19.4 Å². The molecule has 0 aliphatic carbocycles. The van der Waals surface area contributed by atoms with E-state index in [-0.39, 0.29) is 0 Å². The van der Waals surface area contributed by atoms with Crippen LogP contribution in [-0.2, 0) is 0 Å². The van der Waals surface area contributed by atoms with Gasteiger partial charge in [-0.05, 0) is 12.1 Å². The molecule has 0 aliphatic heterocycles. The molecule has 17 heavy (non-hydrogen) atoms. The van der Waals surface area contributed by atoms with Gasteiger partial charge in [-0.1, -0.05) is 23.4 Å². The van der Waals surface area contributed by atoms with Crippen molar-refractivity contribution in [3.8, 4) is 0 Å². The number of aromatic nitrogens is 4. The van der Waals surface area contributed by atoms with Gasteiger partial charge >= 0.3 is 0 Å². The zero-order valence-corrected chi connectivity index (χ0v) is 10.2. The fourth-order valence-electron chi connectivity index (χ4n) is 1.47. The molecule has 3 heterocycles. The van der Waals surface area contributed by atoms with Crippen molar-refractivity contribution in [2.75, 3.05) is 0 Å². The van der Waals surface area contributed by atoms with Gasteiger partial charge in [0.25, 0.3) is 0 Å². The molecule has 0 atom stereocenters. The first kappa shape index (κ1) is 10.6. The van der Waals surface area contributed by atoms with Crippen molar-refractivity contribution < 1.29 is 0 Å². The molecular formula is C11H7ClN4S. The second kappa shape index (κ2) is 4.35. The predicted molar refractivity (Wildman–Crippen MR) is 66.4 cm³/mol. The van der Waals surface area contributed by atoms with Gasteiger partial charge < -0.3 is 0 Å². The molecule has 0 bridgehead atoms. The summed E-state index contributed by atoms with van der Waals surface area (Å²) in [6, 6.07) is 3.78. The van der Waals surface area contributed by atoms with E-state index in [2.05, 4.69) is 15.0 Å². The van der Waals surface area contributed by atoms with Gasteiger partial charge in [0.15, 0.2) is 5.65 Å². The Morgan fingerprint density at radius 2 is 2.12 bits per heavy atom. The van der Waals surface area contributed by atoms with Crippen molar-refractivity contribution >= 4 is 29.0 Å². The van der Waals surface area contributed by atoms with Crippen LogP contribution in [0, 0.1) is 0 Å². The highest BCUT2D eigenvalue weighted by Gasteiger charge is 2.07. The Morgan fingerprint density at radius 1 is 1.18 bits per heavy atom. The fourth-order valence-corrected chi connectivity index (χ4v) is 2.58. The van der Waals surface area contributed by atoms with Gasteiger partial charge in [-0.25, -0.2) is 15.0 Å². The lowest BCUT2D eigenvalue weighted by Gasteiger charge is -2.03. The van der Waals surface area contributed by atoms with Crippen molar-refractivity contribution in [3.63, 3.8) is 0 Å². The lowest BCUT2D eigenvalue weighted by Crippen LogP contribution is -1.88. The maximum atomic E-state index is 6.02. The number of fused-ring (bicyclic) bond motifs is 1. The molecule has 0 radical (unpaired) electrons. The maximum absolute atomic E-state index is 6.02. The summed E-state index contributed by atoms with van der Waals surface area (Å²) in [5, 5.41) is 0.492. The number of rotatable bonds is 2. The first-order valence-electron chi connectivity index (χ1n) is 4.89. The van der Waals surface area contributed by atoms with Crippen molar-refractivity contribution in [2.24, 2.45) is 0 Å². The monoisotopic (exact) mass is 262 g/mol. The van der Waals surface area contributed by atoms with E-state index >= 15 is 0 Å². The summed E-state index contributed by atoms with van der Waals surface area (Å²) in [5.74, 6) is 0. The van der Waals surface area contributed by atoms with Crippen LogP contribution in [0.1, 0.15) is 0 Å². The number of halogens is 1. The molecule has 0 amide bonds. The van der Waals surface area contributed by atoms with E-state index in [1.54, 1.807) is 24.9 Å². The third kappa shape index (κ3) is 1.99. The SMILES string of the molecule is Clc1ncccc1Sc1cncn2ccnc12. The third-order valence-corrected chi connectivity index (χ3v) is 3.69. The van der Waals surface area contributed by atoms with Crippen LogP contribution in [0.4, 0.5) is 0 Å². The van der Waals surface area contributed by atoms with Crippen LogP contribution in [0.15, 0.2) is 53.0 Å². The summed E-state index contributed by atoms with van der Waals surface area (Å²) in [4.78, 5) is 14.3. The van der Waals surface area contributed by atoms with Crippen LogP contribution < -0.4 is 0 Å². The van der Waals surface area contributed by atoms with Crippen LogP contribution in [0.3, 0.4) is 0 Å². The lowest BCUT2D eigenvalue weighted by molar-refractivity contribution is 1.04. The average Bonchev–Trinajstić information content (AvgIpc) is 2.81. The number of imidazole rings is 1. The van der Waals surface area contributed by atoms with Crippen LogP contribution in [0.5, 0.6) is 0 Å². The second-order valence-electron chi connectivity index (χ2n) is 3.31. The second-order valence-corrected chi connectivity index (χ2v) is 4.75. The molecule has 0 saturated heterocycles. The van der Waals surface area contributed by atoms with Crippen molar-refractivity contribution in [3.05, 3.63) is 48.4 Å². The molecule has 0 aliphatic rings. The van der Waals surface area contributed by atoms with Crippen molar-refractivity contribution in [2.45, 2.75) is 9.79 Å². The first-order valence-corrected chi connectivity index (χ1v) is 6.09. The Kier molecular flexibility index (Phi) is 2.70. The molecule has 0 unspecified atom stereocenters. The molecule has 3 aromatic heterocycles. The molecule has 0 N–H and O–H groups in total. The predicted octanol–water partition coefficient (Wildman–Crippen LogP) is 2.93.